The highest BCUT2D eigenvalue weighted by Crippen LogP contribution is 2.27. The molecule has 0 amide bonds. The van der Waals surface area contributed by atoms with Crippen molar-refractivity contribution in [2.45, 2.75) is 26.3 Å². The number of nitrogens with zero attached hydrogens (tertiary/aromatic N) is 3. The summed E-state index contributed by atoms with van der Waals surface area (Å²) in [7, 11) is 4.00. The number of benzene rings is 1. The summed E-state index contributed by atoms with van der Waals surface area (Å²) in [4.78, 5) is 2.15. The minimum Gasteiger partial charge on any atom is -0.394 e. The monoisotopic (exact) mass is 258 g/mol. The quantitative estimate of drug-likeness (QED) is 0.896. The zero-order valence-electron chi connectivity index (χ0n) is 11.9. The van der Waals surface area contributed by atoms with Gasteiger partial charge >= 0.3 is 0 Å². The molecule has 0 saturated heterocycles. The Balaban J connectivity index is 2.21. The van der Waals surface area contributed by atoms with Crippen LogP contribution in [0.5, 0.6) is 0 Å². The number of hydrogen-bond acceptors (Lipinski definition) is 3. The fourth-order valence-electron chi connectivity index (χ4n) is 2.39. The normalized spacial score (nSPS) is 10.7. The van der Waals surface area contributed by atoms with E-state index in [-0.39, 0.29) is 0 Å². The van der Waals surface area contributed by atoms with Gasteiger partial charge in [-0.05, 0) is 12.0 Å². The molecule has 0 aliphatic rings. The molecule has 1 aromatic carbocycles. The van der Waals surface area contributed by atoms with Crippen molar-refractivity contribution in [2.24, 2.45) is 7.05 Å². The Hall–Kier alpha value is -1.97. The van der Waals surface area contributed by atoms with Crippen molar-refractivity contribution in [2.75, 3.05) is 17.7 Å². The van der Waals surface area contributed by atoms with Gasteiger partial charge in [-0.2, -0.15) is 5.10 Å². The zero-order chi connectivity index (χ0) is 13.8. The summed E-state index contributed by atoms with van der Waals surface area (Å²) in [6, 6.07) is 10.4. The van der Waals surface area contributed by atoms with Crippen molar-refractivity contribution in [3.05, 3.63) is 41.6 Å². The number of aryl methyl sites for hydroxylation is 2. The summed E-state index contributed by atoms with van der Waals surface area (Å²) in [5.41, 5.74) is 9.29. The van der Waals surface area contributed by atoms with Crippen LogP contribution in [0, 0.1) is 0 Å². The number of rotatable bonds is 5. The molecule has 0 aliphatic heterocycles. The van der Waals surface area contributed by atoms with E-state index >= 15 is 0 Å². The van der Waals surface area contributed by atoms with E-state index in [2.05, 4.69) is 48.2 Å². The van der Waals surface area contributed by atoms with Gasteiger partial charge in [0.2, 0.25) is 0 Å². The SMILES string of the molecule is CCCc1nn(C)c(N(C)Cc2ccccc2)c1N. The van der Waals surface area contributed by atoms with E-state index in [0.29, 0.717) is 0 Å². The molecule has 2 N–H and O–H groups in total. The Kier molecular flexibility index (Phi) is 4.10. The summed E-state index contributed by atoms with van der Waals surface area (Å²) < 4.78 is 1.88. The molecule has 0 unspecified atom stereocenters. The van der Waals surface area contributed by atoms with Crippen molar-refractivity contribution in [1.82, 2.24) is 9.78 Å². The van der Waals surface area contributed by atoms with E-state index in [1.807, 2.05) is 17.8 Å². The van der Waals surface area contributed by atoms with Crippen LogP contribution in [0.25, 0.3) is 0 Å². The van der Waals surface area contributed by atoms with Crippen molar-refractivity contribution in [3.63, 3.8) is 0 Å². The molecule has 2 aromatic rings. The first kappa shape index (κ1) is 13.5. The van der Waals surface area contributed by atoms with E-state index < -0.39 is 0 Å². The van der Waals surface area contributed by atoms with Crippen LogP contribution < -0.4 is 10.6 Å². The van der Waals surface area contributed by atoms with E-state index in [0.717, 1.165) is 36.6 Å². The second kappa shape index (κ2) is 5.78. The standard InChI is InChI=1S/C15H22N4/c1-4-8-13-14(16)15(19(3)17-13)18(2)11-12-9-6-5-7-10-12/h5-7,9-10H,4,8,11,16H2,1-3H3. The lowest BCUT2D eigenvalue weighted by molar-refractivity contribution is 0.712. The topological polar surface area (TPSA) is 47.1 Å². The molecule has 102 valence electrons. The average Bonchev–Trinajstić information content (AvgIpc) is 2.66. The maximum atomic E-state index is 6.22. The first-order valence-electron chi connectivity index (χ1n) is 6.70. The van der Waals surface area contributed by atoms with E-state index in [1.54, 1.807) is 0 Å². The van der Waals surface area contributed by atoms with Gasteiger partial charge < -0.3 is 10.6 Å². The fraction of sp³-hybridized carbons (Fsp3) is 0.400. The summed E-state index contributed by atoms with van der Waals surface area (Å²) in [6.07, 6.45) is 1.99. The van der Waals surface area contributed by atoms with Crippen LogP contribution in [0.4, 0.5) is 11.5 Å². The molecule has 4 heteroatoms. The third-order valence-electron chi connectivity index (χ3n) is 3.24. The van der Waals surface area contributed by atoms with Gasteiger partial charge in [-0.15, -0.1) is 0 Å². The smallest absolute Gasteiger partial charge is 0.150 e. The van der Waals surface area contributed by atoms with Crippen LogP contribution in [0.2, 0.25) is 0 Å². The highest BCUT2D eigenvalue weighted by Gasteiger charge is 2.16. The maximum absolute atomic E-state index is 6.22. The summed E-state index contributed by atoms with van der Waals surface area (Å²) >= 11 is 0. The molecule has 1 aromatic heterocycles. The number of aromatic nitrogens is 2. The molecule has 1 heterocycles. The van der Waals surface area contributed by atoms with Crippen LogP contribution >= 0.6 is 0 Å². The number of anilines is 2. The van der Waals surface area contributed by atoms with Crippen LogP contribution in [-0.2, 0) is 20.0 Å². The molecule has 0 atom stereocenters. The molecule has 0 aliphatic carbocycles. The predicted molar refractivity (Wildman–Crippen MR) is 80.2 cm³/mol. The lowest BCUT2D eigenvalue weighted by Crippen LogP contribution is -2.20. The number of hydrogen-bond donors (Lipinski definition) is 1. The van der Waals surface area contributed by atoms with Crippen molar-refractivity contribution in [1.29, 1.82) is 0 Å². The highest BCUT2D eigenvalue weighted by atomic mass is 15.4. The van der Waals surface area contributed by atoms with Crippen molar-refractivity contribution in [3.8, 4) is 0 Å². The molecule has 0 fully saturated rings. The third kappa shape index (κ3) is 2.89. The van der Waals surface area contributed by atoms with Gasteiger partial charge in [0.05, 0.1) is 11.4 Å². The summed E-state index contributed by atoms with van der Waals surface area (Å²) in [5.74, 6) is 0.993. The van der Waals surface area contributed by atoms with E-state index in [9.17, 15) is 0 Å². The Morgan fingerprint density at radius 3 is 2.58 bits per heavy atom. The second-order valence-corrected chi connectivity index (χ2v) is 4.90. The molecule has 0 radical (unpaired) electrons. The van der Waals surface area contributed by atoms with Crippen LogP contribution in [-0.4, -0.2) is 16.8 Å². The van der Waals surface area contributed by atoms with Gasteiger partial charge in [0, 0.05) is 20.6 Å². The second-order valence-electron chi connectivity index (χ2n) is 4.90. The Labute approximate surface area is 114 Å². The largest absolute Gasteiger partial charge is 0.394 e. The summed E-state index contributed by atoms with van der Waals surface area (Å²) in [5, 5.41) is 4.51. The highest BCUT2D eigenvalue weighted by molar-refractivity contribution is 5.66. The zero-order valence-corrected chi connectivity index (χ0v) is 11.9. The van der Waals surface area contributed by atoms with Gasteiger partial charge in [-0.25, -0.2) is 0 Å². The molecule has 0 bridgehead atoms. The minimum atomic E-state index is 0.808. The molecule has 0 spiro atoms. The Morgan fingerprint density at radius 1 is 1.26 bits per heavy atom. The van der Waals surface area contributed by atoms with Gasteiger partial charge in [0.15, 0.2) is 0 Å². The van der Waals surface area contributed by atoms with E-state index in [4.69, 9.17) is 5.73 Å². The van der Waals surface area contributed by atoms with Gasteiger partial charge in [0.25, 0.3) is 0 Å². The molecular formula is C15H22N4. The lowest BCUT2D eigenvalue weighted by Gasteiger charge is -2.20. The lowest BCUT2D eigenvalue weighted by atomic mass is 10.2. The summed E-state index contributed by atoms with van der Waals surface area (Å²) in [6.45, 7) is 2.97. The molecule has 19 heavy (non-hydrogen) atoms. The number of nitrogen functional groups attached to an aromatic ring is 1. The number of nitrogens with two attached hydrogens (primary N) is 1. The van der Waals surface area contributed by atoms with Crippen molar-refractivity contribution >= 4 is 11.5 Å². The molecule has 4 nitrogen and oxygen atoms in total. The molecule has 2 rings (SSSR count). The third-order valence-corrected chi connectivity index (χ3v) is 3.24. The van der Waals surface area contributed by atoms with Crippen molar-refractivity contribution < 1.29 is 0 Å². The van der Waals surface area contributed by atoms with Crippen LogP contribution in [0.15, 0.2) is 30.3 Å². The average molecular weight is 258 g/mol. The first-order valence-corrected chi connectivity index (χ1v) is 6.70. The minimum absolute atomic E-state index is 0.808. The fourth-order valence-corrected chi connectivity index (χ4v) is 2.39. The molecular weight excluding hydrogens is 236 g/mol. The Bertz CT molecular complexity index is 531. The molecule has 0 saturated carbocycles. The van der Waals surface area contributed by atoms with Crippen LogP contribution in [0.3, 0.4) is 0 Å². The van der Waals surface area contributed by atoms with Crippen LogP contribution in [0.1, 0.15) is 24.6 Å². The van der Waals surface area contributed by atoms with Gasteiger partial charge in [-0.1, -0.05) is 43.7 Å². The van der Waals surface area contributed by atoms with Gasteiger partial charge in [-0.3, -0.25) is 4.68 Å². The van der Waals surface area contributed by atoms with Gasteiger partial charge in [0.1, 0.15) is 5.82 Å². The maximum Gasteiger partial charge on any atom is 0.150 e. The predicted octanol–water partition coefficient (Wildman–Crippen LogP) is 2.59. The first-order chi connectivity index (χ1) is 9.13. The Morgan fingerprint density at radius 2 is 1.95 bits per heavy atom. The van der Waals surface area contributed by atoms with E-state index in [1.165, 1.54) is 5.56 Å².